The maximum Gasteiger partial charge on any atom is 0.254 e. The van der Waals surface area contributed by atoms with Crippen LogP contribution < -0.4 is 0 Å². The zero-order chi connectivity index (χ0) is 23.4. The molecule has 34 heavy (non-hydrogen) atoms. The first-order valence-corrected chi connectivity index (χ1v) is 11.5. The van der Waals surface area contributed by atoms with Gasteiger partial charge in [-0.2, -0.15) is 0 Å². The number of aliphatic hydroxyl groups is 1. The monoisotopic (exact) mass is 455 g/mol. The van der Waals surface area contributed by atoms with Crippen molar-refractivity contribution >= 4 is 17.0 Å². The third kappa shape index (κ3) is 3.57. The Kier molecular flexibility index (Phi) is 4.79. The van der Waals surface area contributed by atoms with Crippen molar-refractivity contribution in [3.63, 3.8) is 0 Å². The third-order valence-electron chi connectivity index (χ3n) is 6.73. The van der Waals surface area contributed by atoms with E-state index in [-0.39, 0.29) is 18.1 Å². The molecule has 1 N–H and O–H groups in total. The second-order valence-corrected chi connectivity index (χ2v) is 9.57. The minimum Gasteiger partial charge on any atom is -0.452 e. The van der Waals surface area contributed by atoms with E-state index in [0.29, 0.717) is 41.3 Å². The quantitative estimate of drug-likeness (QED) is 0.491. The first kappa shape index (κ1) is 21.0. The van der Waals surface area contributed by atoms with Gasteiger partial charge < -0.3 is 19.2 Å². The Morgan fingerprint density at radius 1 is 1.09 bits per heavy atom. The molecule has 2 aliphatic rings. The van der Waals surface area contributed by atoms with Crippen LogP contribution in [0.25, 0.3) is 33.7 Å². The standard InChI is InChI=1S/C27H25N3O4/c1-27(2,32)19-5-3-4-18(10-19)24-25-22(28-15-29-24)12-23(34-25)16-6-8-17(9-7-16)26(31)30-13-21-11-20(30)14-33-21/h3-10,12,15,20-21,32H,11,13-14H2,1-2H3/t20-,21-/m1/s1. The van der Waals surface area contributed by atoms with Gasteiger partial charge in [0.15, 0.2) is 5.58 Å². The number of carbonyl (C=O) groups is 1. The Balaban J connectivity index is 1.31. The summed E-state index contributed by atoms with van der Waals surface area (Å²) in [5, 5.41) is 10.4. The van der Waals surface area contributed by atoms with Gasteiger partial charge in [0.2, 0.25) is 0 Å². The third-order valence-corrected chi connectivity index (χ3v) is 6.73. The lowest BCUT2D eigenvalue weighted by Gasteiger charge is -2.26. The van der Waals surface area contributed by atoms with Crippen molar-refractivity contribution < 1.29 is 19.1 Å². The predicted octanol–water partition coefficient (Wildman–Crippen LogP) is 4.40. The maximum absolute atomic E-state index is 12.9. The van der Waals surface area contributed by atoms with Crippen LogP contribution in [0.2, 0.25) is 0 Å². The molecule has 0 radical (unpaired) electrons. The molecule has 0 unspecified atom stereocenters. The molecule has 4 heterocycles. The minimum atomic E-state index is -0.961. The normalized spacial score (nSPS) is 19.8. The van der Waals surface area contributed by atoms with Gasteiger partial charge >= 0.3 is 0 Å². The largest absolute Gasteiger partial charge is 0.452 e. The van der Waals surface area contributed by atoms with E-state index < -0.39 is 5.60 Å². The number of aromatic nitrogens is 2. The van der Waals surface area contributed by atoms with E-state index in [1.165, 1.54) is 6.33 Å². The van der Waals surface area contributed by atoms with Gasteiger partial charge in [-0.25, -0.2) is 9.97 Å². The molecule has 2 bridgehead atoms. The van der Waals surface area contributed by atoms with Crippen LogP contribution in [0.1, 0.15) is 36.2 Å². The maximum atomic E-state index is 12.9. The molecule has 7 nitrogen and oxygen atoms in total. The molecule has 2 aliphatic heterocycles. The van der Waals surface area contributed by atoms with E-state index in [0.717, 1.165) is 23.1 Å². The van der Waals surface area contributed by atoms with Gasteiger partial charge in [-0.3, -0.25) is 4.79 Å². The number of rotatable bonds is 4. The van der Waals surface area contributed by atoms with Crippen LogP contribution in [0.5, 0.6) is 0 Å². The van der Waals surface area contributed by atoms with Crippen LogP contribution in [0.3, 0.4) is 0 Å². The molecule has 0 saturated carbocycles. The number of ether oxygens (including phenoxy) is 1. The fourth-order valence-electron chi connectivity index (χ4n) is 4.84. The van der Waals surface area contributed by atoms with Crippen molar-refractivity contribution in [3.8, 4) is 22.6 Å². The van der Waals surface area contributed by atoms with Crippen molar-refractivity contribution in [2.75, 3.05) is 13.2 Å². The number of hydrogen-bond acceptors (Lipinski definition) is 6. The van der Waals surface area contributed by atoms with Crippen LogP contribution >= 0.6 is 0 Å². The lowest BCUT2D eigenvalue weighted by molar-refractivity contribution is 0.0259. The number of amides is 1. The number of morpholine rings is 1. The van der Waals surface area contributed by atoms with Gasteiger partial charge in [0, 0.05) is 29.3 Å². The number of carbonyl (C=O) groups excluding carboxylic acids is 1. The molecule has 2 aromatic heterocycles. The van der Waals surface area contributed by atoms with E-state index in [2.05, 4.69) is 9.97 Å². The predicted molar refractivity (Wildman–Crippen MR) is 127 cm³/mol. The fourth-order valence-corrected chi connectivity index (χ4v) is 4.84. The van der Waals surface area contributed by atoms with Gasteiger partial charge in [0.25, 0.3) is 5.91 Å². The SMILES string of the molecule is CC(C)(O)c1cccc(-c2ncnc3cc(-c4ccc(C(=O)N5C[C@H]6C[C@@H]5CO6)cc4)oc23)c1. The van der Waals surface area contributed by atoms with E-state index in [9.17, 15) is 9.90 Å². The lowest BCUT2D eigenvalue weighted by Crippen LogP contribution is -2.41. The van der Waals surface area contributed by atoms with Crippen LogP contribution in [0.4, 0.5) is 0 Å². The van der Waals surface area contributed by atoms with Crippen LogP contribution in [0, 0.1) is 0 Å². The molecule has 2 fully saturated rings. The van der Waals surface area contributed by atoms with E-state index in [1.807, 2.05) is 59.5 Å². The van der Waals surface area contributed by atoms with Crippen LogP contribution in [-0.4, -0.2) is 51.2 Å². The summed E-state index contributed by atoms with van der Waals surface area (Å²) in [4.78, 5) is 23.7. The molecule has 1 amide bonds. The Hall–Kier alpha value is -3.55. The first-order chi connectivity index (χ1) is 16.4. The molecule has 0 spiro atoms. The van der Waals surface area contributed by atoms with Crippen LogP contribution in [0.15, 0.2) is 65.3 Å². The fraction of sp³-hybridized carbons (Fsp3) is 0.296. The zero-order valence-corrected chi connectivity index (χ0v) is 19.1. The highest BCUT2D eigenvalue weighted by Crippen LogP contribution is 2.34. The van der Waals surface area contributed by atoms with Gasteiger partial charge in [0.05, 0.1) is 24.4 Å². The van der Waals surface area contributed by atoms with Crippen molar-refractivity contribution in [1.29, 1.82) is 0 Å². The Morgan fingerprint density at radius 2 is 1.91 bits per heavy atom. The molecule has 172 valence electrons. The Labute approximate surface area is 197 Å². The second kappa shape index (κ2) is 7.75. The Morgan fingerprint density at radius 3 is 2.62 bits per heavy atom. The summed E-state index contributed by atoms with van der Waals surface area (Å²) < 4.78 is 11.8. The number of furan rings is 1. The summed E-state index contributed by atoms with van der Waals surface area (Å²) in [6.45, 7) is 4.81. The lowest BCUT2D eigenvalue weighted by atomic mass is 9.95. The molecule has 4 aromatic rings. The second-order valence-electron chi connectivity index (χ2n) is 9.57. The molecule has 6 rings (SSSR count). The summed E-state index contributed by atoms with van der Waals surface area (Å²) in [7, 11) is 0. The summed E-state index contributed by atoms with van der Waals surface area (Å²) >= 11 is 0. The van der Waals surface area contributed by atoms with Crippen molar-refractivity contribution in [1.82, 2.24) is 14.9 Å². The van der Waals surface area contributed by atoms with E-state index in [1.54, 1.807) is 13.8 Å². The average Bonchev–Trinajstić information content (AvgIpc) is 3.58. The molecule has 7 heteroatoms. The highest BCUT2D eigenvalue weighted by molar-refractivity contribution is 5.95. The van der Waals surface area contributed by atoms with Crippen LogP contribution in [-0.2, 0) is 10.3 Å². The summed E-state index contributed by atoms with van der Waals surface area (Å²) in [5.74, 6) is 0.704. The molecule has 2 saturated heterocycles. The number of benzene rings is 2. The molecular weight excluding hydrogens is 430 g/mol. The smallest absolute Gasteiger partial charge is 0.254 e. The minimum absolute atomic E-state index is 0.0480. The molecular formula is C27H25N3O4. The number of fused-ring (bicyclic) bond motifs is 3. The zero-order valence-electron chi connectivity index (χ0n) is 19.1. The number of hydrogen-bond donors (Lipinski definition) is 1. The highest BCUT2D eigenvalue weighted by Gasteiger charge is 2.41. The van der Waals surface area contributed by atoms with Gasteiger partial charge in [-0.15, -0.1) is 0 Å². The average molecular weight is 456 g/mol. The van der Waals surface area contributed by atoms with E-state index in [4.69, 9.17) is 9.15 Å². The number of nitrogens with zero attached hydrogens (tertiary/aromatic N) is 3. The summed E-state index contributed by atoms with van der Waals surface area (Å²) in [6.07, 6.45) is 2.64. The number of likely N-dealkylation sites (tertiary alicyclic amines) is 1. The van der Waals surface area contributed by atoms with Gasteiger partial charge in [-0.05, 0) is 44.0 Å². The molecule has 2 aromatic carbocycles. The van der Waals surface area contributed by atoms with Gasteiger partial charge in [-0.1, -0.05) is 30.3 Å². The summed E-state index contributed by atoms with van der Waals surface area (Å²) in [6, 6.07) is 17.2. The van der Waals surface area contributed by atoms with Crippen molar-refractivity contribution in [2.45, 2.75) is 38.0 Å². The topological polar surface area (TPSA) is 88.7 Å². The Bertz CT molecular complexity index is 1390. The molecule has 0 aliphatic carbocycles. The van der Waals surface area contributed by atoms with Gasteiger partial charge in [0.1, 0.15) is 23.3 Å². The molecule has 2 atom stereocenters. The summed E-state index contributed by atoms with van der Waals surface area (Å²) in [5.41, 5.74) is 4.14. The van der Waals surface area contributed by atoms with Crippen molar-refractivity contribution in [3.05, 3.63) is 72.1 Å². The van der Waals surface area contributed by atoms with E-state index >= 15 is 0 Å². The first-order valence-electron chi connectivity index (χ1n) is 11.5. The van der Waals surface area contributed by atoms with Crippen molar-refractivity contribution in [2.24, 2.45) is 0 Å². The highest BCUT2D eigenvalue weighted by atomic mass is 16.5.